The van der Waals surface area contributed by atoms with Gasteiger partial charge in [0.2, 0.25) is 0 Å². The average molecular weight is 419 g/mol. The van der Waals surface area contributed by atoms with Gasteiger partial charge in [0, 0.05) is 67.2 Å². The highest BCUT2D eigenvalue weighted by molar-refractivity contribution is 5.56. The van der Waals surface area contributed by atoms with Crippen LogP contribution in [0.3, 0.4) is 0 Å². The van der Waals surface area contributed by atoms with E-state index in [1.165, 1.54) is 5.69 Å². The van der Waals surface area contributed by atoms with E-state index >= 15 is 0 Å². The maximum Gasteiger partial charge on any atom is 0.130 e. The lowest BCUT2D eigenvalue weighted by Gasteiger charge is -2.31. The third kappa shape index (κ3) is 6.06. The first-order chi connectivity index (χ1) is 15.2. The monoisotopic (exact) mass is 418 g/mol. The number of nitrogens with zero attached hydrogens (tertiary/aromatic N) is 5. The molecule has 3 aromatic heterocycles. The zero-order valence-corrected chi connectivity index (χ0v) is 18.3. The molecule has 4 rings (SSSR count). The molecule has 0 aliphatic carbocycles. The third-order valence-corrected chi connectivity index (χ3v) is 5.61. The van der Waals surface area contributed by atoms with Gasteiger partial charge in [-0.15, -0.1) is 0 Å². The van der Waals surface area contributed by atoms with Gasteiger partial charge in [-0.25, -0.2) is 15.0 Å². The molecule has 1 saturated heterocycles. The van der Waals surface area contributed by atoms with Gasteiger partial charge in [-0.1, -0.05) is 6.07 Å². The van der Waals surface area contributed by atoms with Crippen LogP contribution in [0, 0.1) is 6.92 Å². The number of aromatic nitrogens is 4. The first kappa shape index (κ1) is 21.3. The van der Waals surface area contributed by atoms with E-state index in [0.717, 1.165) is 67.5 Å². The van der Waals surface area contributed by atoms with Gasteiger partial charge in [0.25, 0.3) is 0 Å². The van der Waals surface area contributed by atoms with Crippen molar-refractivity contribution in [1.82, 2.24) is 24.8 Å². The number of ether oxygens (including phenoxy) is 1. The van der Waals surface area contributed by atoms with E-state index in [-0.39, 0.29) is 0 Å². The smallest absolute Gasteiger partial charge is 0.130 e. The quantitative estimate of drug-likeness (QED) is 0.595. The molecule has 1 fully saturated rings. The molecule has 0 saturated carbocycles. The van der Waals surface area contributed by atoms with Crippen LogP contribution in [0.15, 0.2) is 48.9 Å². The molecule has 162 valence electrons. The molecule has 1 aliphatic heterocycles. The summed E-state index contributed by atoms with van der Waals surface area (Å²) in [6.45, 7) is 5.70. The Morgan fingerprint density at radius 2 is 1.90 bits per heavy atom. The van der Waals surface area contributed by atoms with Crippen molar-refractivity contribution in [1.29, 1.82) is 0 Å². The molecule has 0 amide bonds. The Labute approximate surface area is 183 Å². The first-order valence-corrected chi connectivity index (χ1v) is 10.9. The topological polar surface area (TPSA) is 76.1 Å². The van der Waals surface area contributed by atoms with Crippen LogP contribution in [0.25, 0.3) is 0 Å². The lowest BCUT2D eigenvalue weighted by molar-refractivity contribution is 0.199. The van der Waals surface area contributed by atoms with Gasteiger partial charge in [0.1, 0.15) is 11.6 Å². The van der Waals surface area contributed by atoms with Gasteiger partial charge in [0.05, 0.1) is 6.61 Å². The Bertz CT molecular complexity index is 956. The summed E-state index contributed by atoms with van der Waals surface area (Å²) >= 11 is 0. The standard InChI is InChI=1S/C24H30N6O/c1-18-13-21(29-24-5-3-4-9-25-24)14-22(28-18)20-6-10-30(11-7-20)17-19-15-26-23(27-16-19)8-12-31-2/h3-5,9,13-16,20H,6-8,10-12,17H2,1-2H3,(H,25,28,29). The van der Waals surface area contributed by atoms with Crippen molar-refractivity contribution in [3.8, 4) is 0 Å². The second-order valence-corrected chi connectivity index (χ2v) is 8.06. The van der Waals surface area contributed by atoms with Crippen LogP contribution >= 0.6 is 0 Å². The summed E-state index contributed by atoms with van der Waals surface area (Å²) in [5, 5.41) is 3.40. The SMILES string of the molecule is COCCc1ncc(CN2CCC(c3cc(Nc4ccccn4)cc(C)n3)CC2)cn1. The lowest BCUT2D eigenvalue weighted by Crippen LogP contribution is -2.32. The Kier molecular flexibility index (Phi) is 7.17. The zero-order valence-electron chi connectivity index (χ0n) is 18.3. The molecule has 1 aliphatic rings. The van der Waals surface area contributed by atoms with E-state index in [1.807, 2.05) is 30.6 Å². The van der Waals surface area contributed by atoms with Crippen LogP contribution in [0.1, 0.15) is 41.5 Å². The zero-order chi connectivity index (χ0) is 21.5. The number of nitrogens with one attached hydrogen (secondary N) is 1. The molecule has 1 N–H and O–H groups in total. The maximum atomic E-state index is 5.09. The molecular formula is C24H30N6O. The van der Waals surface area contributed by atoms with E-state index in [2.05, 4.69) is 44.2 Å². The molecule has 0 bridgehead atoms. The number of likely N-dealkylation sites (tertiary alicyclic amines) is 1. The fraction of sp³-hybridized carbons (Fsp3) is 0.417. The molecule has 7 nitrogen and oxygen atoms in total. The summed E-state index contributed by atoms with van der Waals surface area (Å²) < 4.78 is 5.09. The van der Waals surface area contributed by atoms with E-state index < -0.39 is 0 Å². The molecule has 7 heteroatoms. The number of hydrogen-bond acceptors (Lipinski definition) is 7. The van der Waals surface area contributed by atoms with Crippen molar-refractivity contribution in [2.24, 2.45) is 0 Å². The van der Waals surface area contributed by atoms with Crippen molar-refractivity contribution in [3.05, 3.63) is 71.7 Å². The van der Waals surface area contributed by atoms with Crippen LogP contribution in [-0.2, 0) is 17.7 Å². The van der Waals surface area contributed by atoms with E-state index in [4.69, 9.17) is 9.72 Å². The van der Waals surface area contributed by atoms with Gasteiger partial charge < -0.3 is 10.1 Å². The molecule has 0 aromatic carbocycles. The lowest BCUT2D eigenvalue weighted by atomic mass is 9.92. The van der Waals surface area contributed by atoms with Crippen LogP contribution in [0.4, 0.5) is 11.5 Å². The number of methoxy groups -OCH3 is 1. The highest BCUT2D eigenvalue weighted by Crippen LogP contribution is 2.30. The molecule has 0 unspecified atom stereocenters. The number of aryl methyl sites for hydroxylation is 1. The van der Waals surface area contributed by atoms with Gasteiger partial charge in [-0.2, -0.15) is 0 Å². The summed E-state index contributed by atoms with van der Waals surface area (Å²) in [5.74, 6) is 2.17. The Hall–Kier alpha value is -2.90. The highest BCUT2D eigenvalue weighted by Gasteiger charge is 2.22. The van der Waals surface area contributed by atoms with Crippen molar-refractivity contribution < 1.29 is 4.74 Å². The van der Waals surface area contributed by atoms with E-state index in [1.54, 1.807) is 13.3 Å². The maximum absolute atomic E-state index is 5.09. The van der Waals surface area contributed by atoms with E-state index in [0.29, 0.717) is 12.5 Å². The van der Waals surface area contributed by atoms with E-state index in [9.17, 15) is 0 Å². The summed E-state index contributed by atoms with van der Waals surface area (Å²) in [5.41, 5.74) is 4.41. The molecule has 0 radical (unpaired) electrons. The van der Waals surface area contributed by atoms with Gasteiger partial charge in [-0.3, -0.25) is 9.88 Å². The average Bonchev–Trinajstić information content (AvgIpc) is 2.79. The molecule has 0 atom stereocenters. The van der Waals surface area contributed by atoms with Crippen molar-refractivity contribution in [2.45, 2.75) is 38.6 Å². The predicted molar refractivity (Wildman–Crippen MR) is 121 cm³/mol. The van der Waals surface area contributed by atoms with Gasteiger partial charge in [-0.05, 0) is 57.1 Å². The van der Waals surface area contributed by atoms with Crippen LogP contribution in [0.5, 0.6) is 0 Å². The minimum atomic E-state index is 0.480. The van der Waals surface area contributed by atoms with Crippen LogP contribution in [0.2, 0.25) is 0 Å². The van der Waals surface area contributed by atoms with Gasteiger partial charge in [0.15, 0.2) is 0 Å². The second-order valence-electron chi connectivity index (χ2n) is 8.06. The normalized spacial score (nSPS) is 15.2. The fourth-order valence-corrected chi connectivity index (χ4v) is 3.99. The summed E-state index contributed by atoms with van der Waals surface area (Å²) in [4.78, 5) is 20.6. The number of hydrogen-bond donors (Lipinski definition) is 1. The number of rotatable bonds is 8. The number of anilines is 2. The van der Waals surface area contributed by atoms with Crippen LogP contribution < -0.4 is 5.32 Å². The fourth-order valence-electron chi connectivity index (χ4n) is 3.99. The van der Waals surface area contributed by atoms with Crippen molar-refractivity contribution >= 4 is 11.5 Å². The molecule has 3 aromatic rings. The minimum absolute atomic E-state index is 0.480. The Morgan fingerprint density at radius 1 is 1.10 bits per heavy atom. The Balaban J connectivity index is 1.33. The summed E-state index contributed by atoms with van der Waals surface area (Å²) in [7, 11) is 1.70. The predicted octanol–water partition coefficient (Wildman–Crippen LogP) is 3.89. The van der Waals surface area contributed by atoms with Crippen LogP contribution in [-0.4, -0.2) is 51.6 Å². The van der Waals surface area contributed by atoms with Crippen molar-refractivity contribution in [3.63, 3.8) is 0 Å². The molecule has 4 heterocycles. The summed E-state index contributed by atoms with van der Waals surface area (Å²) in [6.07, 6.45) is 8.65. The first-order valence-electron chi connectivity index (χ1n) is 10.9. The molecule has 0 spiro atoms. The third-order valence-electron chi connectivity index (χ3n) is 5.61. The largest absolute Gasteiger partial charge is 0.384 e. The molecule has 31 heavy (non-hydrogen) atoms. The second kappa shape index (κ2) is 10.4. The summed E-state index contributed by atoms with van der Waals surface area (Å²) in [6, 6.07) is 10.1. The minimum Gasteiger partial charge on any atom is -0.384 e. The number of piperidine rings is 1. The van der Waals surface area contributed by atoms with Crippen molar-refractivity contribution in [2.75, 3.05) is 32.1 Å². The molecular weight excluding hydrogens is 388 g/mol. The van der Waals surface area contributed by atoms with Gasteiger partial charge >= 0.3 is 0 Å². The number of pyridine rings is 2. The highest BCUT2D eigenvalue weighted by atomic mass is 16.5. The Morgan fingerprint density at radius 3 is 2.61 bits per heavy atom.